The van der Waals surface area contributed by atoms with E-state index < -0.39 is 0 Å². The Hall–Kier alpha value is -2.99. The molecule has 146 valence electrons. The molecule has 1 aromatic heterocycles. The number of hydrogen-bond acceptors (Lipinski definition) is 5. The highest BCUT2D eigenvalue weighted by Crippen LogP contribution is 2.24. The third-order valence-electron chi connectivity index (χ3n) is 4.15. The molecule has 0 unspecified atom stereocenters. The fraction of sp³-hybridized carbons (Fsp3) is 0.318. The van der Waals surface area contributed by atoms with Gasteiger partial charge in [-0.2, -0.15) is 0 Å². The Morgan fingerprint density at radius 3 is 2.39 bits per heavy atom. The van der Waals surface area contributed by atoms with Crippen molar-refractivity contribution in [2.45, 2.75) is 32.8 Å². The zero-order chi connectivity index (χ0) is 19.8. The van der Waals surface area contributed by atoms with Crippen molar-refractivity contribution in [3.05, 3.63) is 60.5 Å². The maximum atomic E-state index is 11.9. The molecule has 28 heavy (non-hydrogen) atoms. The number of nitrogens with zero attached hydrogens (tertiary/aromatic N) is 2. The number of carbonyl (C=O) groups is 1. The van der Waals surface area contributed by atoms with Gasteiger partial charge in [-0.05, 0) is 37.1 Å². The van der Waals surface area contributed by atoms with Gasteiger partial charge in [0.05, 0.1) is 12.7 Å². The fourth-order valence-corrected chi connectivity index (χ4v) is 2.70. The molecule has 0 spiro atoms. The van der Waals surface area contributed by atoms with Gasteiger partial charge in [0, 0.05) is 24.9 Å². The number of aromatic nitrogens is 2. The Bertz CT molecular complexity index is 874. The van der Waals surface area contributed by atoms with Crippen molar-refractivity contribution in [3.8, 4) is 22.6 Å². The van der Waals surface area contributed by atoms with Gasteiger partial charge in [-0.1, -0.05) is 42.5 Å². The van der Waals surface area contributed by atoms with E-state index in [0.717, 1.165) is 16.7 Å². The van der Waals surface area contributed by atoms with E-state index >= 15 is 0 Å². The van der Waals surface area contributed by atoms with E-state index in [2.05, 4.69) is 27.6 Å². The molecule has 1 heterocycles. The maximum absolute atomic E-state index is 11.9. The Labute approximate surface area is 164 Å². The van der Waals surface area contributed by atoms with Crippen LogP contribution in [0.4, 0.5) is 0 Å². The van der Waals surface area contributed by atoms with Gasteiger partial charge in [0.1, 0.15) is 0 Å². The van der Waals surface area contributed by atoms with Crippen LogP contribution in [0.25, 0.3) is 22.6 Å². The molecule has 0 aliphatic carbocycles. The maximum Gasteiger partial charge on any atom is 0.247 e. The van der Waals surface area contributed by atoms with Crippen LogP contribution in [0.3, 0.4) is 0 Å². The van der Waals surface area contributed by atoms with Crippen LogP contribution in [-0.2, 0) is 16.0 Å². The van der Waals surface area contributed by atoms with E-state index in [4.69, 9.17) is 9.15 Å². The van der Waals surface area contributed by atoms with Gasteiger partial charge in [0.25, 0.3) is 0 Å². The first-order valence-corrected chi connectivity index (χ1v) is 9.48. The monoisotopic (exact) mass is 379 g/mol. The highest BCUT2D eigenvalue weighted by molar-refractivity contribution is 5.76. The number of ether oxygens (including phenoxy) is 1. The molecule has 1 amide bonds. The molecule has 3 rings (SSSR count). The molecule has 0 atom stereocenters. The molecule has 6 heteroatoms. The van der Waals surface area contributed by atoms with Gasteiger partial charge in [0.15, 0.2) is 0 Å². The zero-order valence-corrected chi connectivity index (χ0v) is 16.2. The van der Waals surface area contributed by atoms with Crippen molar-refractivity contribution in [2.75, 3.05) is 13.2 Å². The van der Waals surface area contributed by atoms with Crippen LogP contribution in [0.5, 0.6) is 0 Å². The molecule has 6 nitrogen and oxygen atoms in total. The Morgan fingerprint density at radius 1 is 1.00 bits per heavy atom. The van der Waals surface area contributed by atoms with E-state index in [1.54, 1.807) is 0 Å². The number of carbonyl (C=O) groups excluding carboxylic acids is 1. The molecule has 2 aromatic carbocycles. The Morgan fingerprint density at radius 2 is 1.68 bits per heavy atom. The molecule has 0 radical (unpaired) electrons. The van der Waals surface area contributed by atoms with Crippen LogP contribution < -0.4 is 5.32 Å². The second-order valence-corrected chi connectivity index (χ2v) is 6.71. The Balaban J connectivity index is 1.50. The molecule has 0 aliphatic rings. The number of amides is 1. The average molecular weight is 379 g/mol. The van der Waals surface area contributed by atoms with Crippen molar-refractivity contribution in [2.24, 2.45) is 0 Å². The number of benzene rings is 2. The lowest BCUT2D eigenvalue weighted by molar-refractivity contribution is -0.121. The van der Waals surface area contributed by atoms with Gasteiger partial charge in [-0.3, -0.25) is 4.79 Å². The fourth-order valence-electron chi connectivity index (χ4n) is 2.70. The largest absolute Gasteiger partial charge is 0.421 e. The summed E-state index contributed by atoms with van der Waals surface area (Å²) in [5, 5.41) is 11.0. The van der Waals surface area contributed by atoms with Gasteiger partial charge in [-0.15, -0.1) is 10.2 Å². The lowest BCUT2D eigenvalue weighted by Gasteiger charge is -2.08. The second kappa shape index (κ2) is 9.80. The van der Waals surface area contributed by atoms with Crippen LogP contribution in [0, 0.1) is 0 Å². The van der Waals surface area contributed by atoms with E-state index in [1.807, 2.05) is 56.3 Å². The van der Waals surface area contributed by atoms with Crippen LogP contribution in [0.1, 0.15) is 26.2 Å². The molecular weight excluding hydrogens is 354 g/mol. The topological polar surface area (TPSA) is 77.2 Å². The third kappa shape index (κ3) is 5.76. The van der Waals surface area contributed by atoms with Crippen LogP contribution in [0.2, 0.25) is 0 Å². The average Bonchev–Trinajstić information content (AvgIpc) is 3.19. The number of nitrogens with one attached hydrogen (secondary N) is 1. The predicted molar refractivity (Wildman–Crippen MR) is 108 cm³/mol. The summed E-state index contributed by atoms with van der Waals surface area (Å²) >= 11 is 0. The minimum atomic E-state index is -0.0562. The van der Waals surface area contributed by atoms with Crippen molar-refractivity contribution < 1.29 is 13.9 Å². The summed E-state index contributed by atoms with van der Waals surface area (Å²) in [6.07, 6.45) is 0.873. The van der Waals surface area contributed by atoms with E-state index in [1.165, 1.54) is 0 Å². The molecular formula is C22H25N3O3. The van der Waals surface area contributed by atoms with Crippen molar-refractivity contribution >= 4 is 5.91 Å². The molecule has 0 saturated heterocycles. The summed E-state index contributed by atoms with van der Waals surface area (Å²) in [7, 11) is 0. The van der Waals surface area contributed by atoms with Crippen LogP contribution in [-0.4, -0.2) is 35.4 Å². The first-order valence-electron chi connectivity index (χ1n) is 9.48. The van der Waals surface area contributed by atoms with Crippen LogP contribution in [0.15, 0.2) is 59.0 Å². The Kier molecular flexibility index (Phi) is 6.92. The van der Waals surface area contributed by atoms with Gasteiger partial charge < -0.3 is 14.5 Å². The molecule has 0 aliphatic heterocycles. The predicted octanol–water partition coefficient (Wildman–Crippen LogP) is 3.88. The smallest absolute Gasteiger partial charge is 0.247 e. The van der Waals surface area contributed by atoms with Gasteiger partial charge in [0.2, 0.25) is 17.7 Å². The SMILES string of the molecule is CC(C)OCCNC(=O)CCc1nnc(-c2ccc(-c3ccccc3)cc2)o1. The highest BCUT2D eigenvalue weighted by Gasteiger charge is 2.11. The van der Waals surface area contributed by atoms with E-state index in [-0.39, 0.29) is 12.0 Å². The molecule has 3 aromatic rings. The first kappa shape index (κ1) is 19.8. The normalized spacial score (nSPS) is 11.0. The summed E-state index contributed by atoms with van der Waals surface area (Å²) < 4.78 is 11.1. The molecule has 0 fully saturated rings. The molecule has 0 bridgehead atoms. The summed E-state index contributed by atoms with van der Waals surface area (Å²) in [5.74, 6) is 0.857. The number of rotatable bonds is 9. The highest BCUT2D eigenvalue weighted by atomic mass is 16.5. The summed E-state index contributed by atoms with van der Waals surface area (Å²) in [6.45, 7) is 4.93. The number of hydrogen-bond donors (Lipinski definition) is 1. The van der Waals surface area contributed by atoms with Crippen LogP contribution >= 0.6 is 0 Å². The van der Waals surface area contributed by atoms with E-state index in [9.17, 15) is 4.79 Å². The molecule has 0 saturated carbocycles. The quantitative estimate of drug-likeness (QED) is 0.571. The van der Waals surface area contributed by atoms with Gasteiger partial charge in [-0.25, -0.2) is 0 Å². The van der Waals surface area contributed by atoms with Gasteiger partial charge >= 0.3 is 0 Å². The standard InChI is InChI=1S/C22H25N3O3/c1-16(2)27-15-14-23-20(26)12-13-21-24-25-22(28-21)19-10-8-18(9-11-19)17-6-4-3-5-7-17/h3-11,16H,12-15H2,1-2H3,(H,23,26). The zero-order valence-electron chi connectivity index (χ0n) is 16.2. The van der Waals surface area contributed by atoms with Crippen molar-refractivity contribution in [1.82, 2.24) is 15.5 Å². The van der Waals surface area contributed by atoms with Crippen molar-refractivity contribution in [1.29, 1.82) is 0 Å². The second-order valence-electron chi connectivity index (χ2n) is 6.71. The molecule has 1 N–H and O–H groups in total. The summed E-state index contributed by atoms with van der Waals surface area (Å²) in [4.78, 5) is 11.9. The lowest BCUT2D eigenvalue weighted by atomic mass is 10.0. The summed E-state index contributed by atoms with van der Waals surface area (Å²) in [6, 6.07) is 18.1. The third-order valence-corrected chi connectivity index (χ3v) is 4.15. The first-order chi connectivity index (χ1) is 13.6. The minimum absolute atomic E-state index is 0.0562. The lowest BCUT2D eigenvalue weighted by Crippen LogP contribution is -2.28. The number of aryl methyl sites for hydroxylation is 1. The minimum Gasteiger partial charge on any atom is -0.421 e. The summed E-state index contributed by atoms with van der Waals surface area (Å²) in [5.41, 5.74) is 3.14. The van der Waals surface area contributed by atoms with Crippen molar-refractivity contribution in [3.63, 3.8) is 0 Å². The van der Waals surface area contributed by atoms with E-state index in [0.29, 0.717) is 37.8 Å².